The summed E-state index contributed by atoms with van der Waals surface area (Å²) >= 11 is 0. The molecular formula is C8H7N5O2. The SMILES string of the molecule is Cn1nnnc1-c1ccc([N+](=O)[O-])cc1. The number of aromatic nitrogens is 4. The van der Waals surface area contributed by atoms with Crippen LogP contribution in [0.2, 0.25) is 0 Å². The maximum absolute atomic E-state index is 10.4. The Morgan fingerprint density at radius 3 is 2.47 bits per heavy atom. The summed E-state index contributed by atoms with van der Waals surface area (Å²) in [4.78, 5) is 9.98. The monoisotopic (exact) mass is 205 g/mol. The van der Waals surface area contributed by atoms with Gasteiger partial charge in [-0.2, -0.15) is 0 Å². The summed E-state index contributed by atoms with van der Waals surface area (Å²) in [5.74, 6) is 0.574. The largest absolute Gasteiger partial charge is 0.269 e. The number of hydrogen-bond donors (Lipinski definition) is 0. The van der Waals surface area contributed by atoms with Crippen molar-refractivity contribution in [2.24, 2.45) is 7.05 Å². The van der Waals surface area contributed by atoms with Crippen LogP contribution in [-0.4, -0.2) is 25.1 Å². The van der Waals surface area contributed by atoms with E-state index in [1.807, 2.05) is 0 Å². The summed E-state index contributed by atoms with van der Waals surface area (Å²) in [6.07, 6.45) is 0. The number of nitro groups is 1. The molecule has 0 N–H and O–H groups in total. The van der Waals surface area contributed by atoms with Crippen LogP contribution in [-0.2, 0) is 7.05 Å². The lowest BCUT2D eigenvalue weighted by atomic mass is 10.2. The Hall–Kier alpha value is -2.31. The second-order valence-corrected chi connectivity index (χ2v) is 2.93. The Bertz CT molecular complexity index is 490. The third-order valence-electron chi connectivity index (χ3n) is 1.96. The smallest absolute Gasteiger partial charge is 0.258 e. The molecular weight excluding hydrogens is 198 g/mol. The molecule has 0 radical (unpaired) electrons. The van der Waals surface area contributed by atoms with Crippen LogP contribution < -0.4 is 0 Å². The third-order valence-corrected chi connectivity index (χ3v) is 1.96. The molecule has 0 spiro atoms. The van der Waals surface area contributed by atoms with Gasteiger partial charge in [-0.05, 0) is 22.6 Å². The molecule has 1 aromatic carbocycles. The van der Waals surface area contributed by atoms with E-state index in [-0.39, 0.29) is 5.69 Å². The number of non-ortho nitro benzene ring substituents is 1. The molecule has 2 aromatic rings. The number of tetrazole rings is 1. The van der Waals surface area contributed by atoms with Crippen molar-refractivity contribution in [3.8, 4) is 11.4 Å². The zero-order valence-corrected chi connectivity index (χ0v) is 7.86. The van der Waals surface area contributed by atoms with E-state index in [0.29, 0.717) is 5.82 Å². The van der Waals surface area contributed by atoms with Crippen LogP contribution >= 0.6 is 0 Å². The first-order chi connectivity index (χ1) is 7.18. The van der Waals surface area contributed by atoms with E-state index in [1.165, 1.54) is 16.8 Å². The van der Waals surface area contributed by atoms with Gasteiger partial charge in [-0.3, -0.25) is 10.1 Å². The molecule has 0 unspecified atom stereocenters. The van der Waals surface area contributed by atoms with Gasteiger partial charge < -0.3 is 0 Å². The van der Waals surface area contributed by atoms with Crippen molar-refractivity contribution in [2.45, 2.75) is 0 Å². The van der Waals surface area contributed by atoms with Crippen LogP contribution in [0.1, 0.15) is 0 Å². The van der Waals surface area contributed by atoms with Gasteiger partial charge in [0, 0.05) is 24.7 Å². The molecule has 0 aliphatic carbocycles. The van der Waals surface area contributed by atoms with Gasteiger partial charge in [-0.1, -0.05) is 0 Å². The van der Waals surface area contributed by atoms with Crippen LogP contribution in [0.4, 0.5) is 5.69 Å². The van der Waals surface area contributed by atoms with E-state index >= 15 is 0 Å². The van der Waals surface area contributed by atoms with E-state index in [4.69, 9.17) is 0 Å². The zero-order valence-electron chi connectivity index (χ0n) is 7.86. The summed E-state index contributed by atoms with van der Waals surface area (Å²) in [6, 6.07) is 6.07. The van der Waals surface area contributed by atoms with E-state index in [0.717, 1.165) is 5.56 Å². The highest BCUT2D eigenvalue weighted by Gasteiger charge is 2.08. The molecule has 7 heteroatoms. The van der Waals surface area contributed by atoms with Gasteiger partial charge in [0.05, 0.1) is 4.92 Å². The Kier molecular flexibility index (Phi) is 2.13. The number of aryl methyl sites for hydroxylation is 1. The average Bonchev–Trinajstić information content (AvgIpc) is 2.65. The fourth-order valence-electron chi connectivity index (χ4n) is 1.21. The molecule has 15 heavy (non-hydrogen) atoms. The molecule has 0 atom stereocenters. The Balaban J connectivity index is 2.40. The molecule has 2 rings (SSSR count). The van der Waals surface area contributed by atoms with Crippen molar-refractivity contribution >= 4 is 5.69 Å². The lowest BCUT2D eigenvalue weighted by Gasteiger charge is -1.97. The van der Waals surface area contributed by atoms with Crippen LogP contribution in [0.15, 0.2) is 24.3 Å². The molecule has 0 amide bonds. The molecule has 0 aliphatic heterocycles. The van der Waals surface area contributed by atoms with E-state index in [1.54, 1.807) is 19.2 Å². The molecule has 0 bridgehead atoms. The Morgan fingerprint density at radius 2 is 2.00 bits per heavy atom. The fourth-order valence-corrected chi connectivity index (χ4v) is 1.21. The maximum Gasteiger partial charge on any atom is 0.269 e. The van der Waals surface area contributed by atoms with E-state index in [2.05, 4.69) is 15.5 Å². The van der Waals surface area contributed by atoms with Gasteiger partial charge in [0.1, 0.15) is 0 Å². The number of nitrogens with zero attached hydrogens (tertiary/aromatic N) is 5. The molecule has 7 nitrogen and oxygen atoms in total. The second-order valence-electron chi connectivity index (χ2n) is 2.93. The van der Waals surface area contributed by atoms with Gasteiger partial charge in [-0.25, -0.2) is 4.68 Å². The molecule has 76 valence electrons. The van der Waals surface area contributed by atoms with E-state index < -0.39 is 4.92 Å². The minimum absolute atomic E-state index is 0.0499. The second kappa shape index (κ2) is 3.45. The maximum atomic E-state index is 10.4. The predicted molar refractivity (Wildman–Crippen MR) is 50.9 cm³/mol. The van der Waals surface area contributed by atoms with Crippen LogP contribution in [0.3, 0.4) is 0 Å². The molecule has 1 heterocycles. The van der Waals surface area contributed by atoms with Crippen molar-refractivity contribution in [1.82, 2.24) is 20.2 Å². The normalized spacial score (nSPS) is 10.2. The van der Waals surface area contributed by atoms with Crippen molar-refractivity contribution in [1.29, 1.82) is 0 Å². The number of hydrogen-bond acceptors (Lipinski definition) is 5. The lowest BCUT2D eigenvalue weighted by molar-refractivity contribution is -0.384. The average molecular weight is 205 g/mol. The summed E-state index contributed by atoms with van der Waals surface area (Å²) in [7, 11) is 1.71. The van der Waals surface area contributed by atoms with Gasteiger partial charge in [0.2, 0.25) is 0 Å². The molecule has 0 saturated heterocycles. The van der Waals surface area contributed by atoms with Crippen molar-refractivity contribution in [3.05, 3.63) is 34.4 Å². The summed E-state index contributed by atoms with van der Waals surface area (Å²) in [5, 5.41) is 21.4. The number of nitro benzene ring substituents is 1. The summed E-state index contributed by atoms with van der Waals surface area (Å²) in [6.45, 7) is 0. The van der Waals surface area contributed by atoms with Gasteiger partial charge in [-0.15, -0.1) is 5.10 Å². The molecule has 0 saturated carbocycles. The first-order valence-corrected chi connectivity index (χ1v) is 4.15. The third kappa shape index (κ3) is 1.66. The first-order valence-electron chi connectivity index (χ1n) is 4.15. The van der Waals surface area contributed by atoms with Gasteiger partial charge >= 0.3 is 0 Å². The summed E-state index contributed by atoms with van der Waals surface area (Å²) < 4.78 is 1.50. The Morgan fingerprint density at radius 1 is 1.33 bits per heavy atom. The van der Waals surface area contributed by atoms with Crippen molar-refractivity contribution in [2.75, 3.05) is 0 Å². The summed E-state index contributed by atoms with van der Waals surface area (Å²) in [5.41, 5.74) is 0.793. The minimum Gasteiger partial charge on any atom is -0.258 e. The van der Waals surface area contributed by atoms with Gasteiger partial charge in [0.25, 0.3) is 5.69 Å². The van der Waals surface area contributed by atoms with Gasteiger partial charge in [0.15, 0.2) is 5.82 Å². The van der Waals surface area contributed by atoms with Crippen LogP contribution in [0, 0.1) is 10.1 Å². The highest BCUT2D eigenvalue weighted by atomic mass is 16.6. The molecule has 1 aromatic heterocycles. The zero-order chi connectivity index (χ0) is 10.8. The first kappa shape index (κ1) is 9.25. The topological polar surface area (TPSA) is 86.7 Å². The van der Waals surface area contributed by atoms with Crippen molar-refractivity contribution in [3.63, 3.8) is 0 Å². The lowest BCUT2D eigenvalue weighted by Crippen LogP contribution is -1.94. The van der Waals surface area contributed by atoms with Crippen LogP contribution in [0.25, 0.3) is 11.4 Å². The molecule has 0 aliphatic rings. The van der Waals surface area contributed by atoms with Crippen molar-refractivity contribution < 1.29 is 4.92 Å². The number of rotatable bonds is 2. The van der Waals surface area contributed by atoms with E-state index in [9.17, 15) is 10.1 Å². The quantitative estimate of drug-likeness (QED) is 0.534. The minimum atomic E-state index is -0.446. The highest BCUT2D eigenvalue weighted by molar-refractivity contribution is 5.56. The standard InChI is InChI=1S/C8H7N5O2/c1-12-8(9-10-11-12)6-2-4-7(5-3-6)13(14)15/h2-5H,1H3. The molecule has 0 fully saturated rings. The highest BCUT2D eigenvalue weighted by Crippen LogP contribution is 2.18. The Labute approximate surface area is 84.5 Å². The number of benzene rings is 1. The fraction of sp³-hybridized carbons (Fsp3) is 0.125. The van der Waals surface area contributed by atoms with Crippen LogP contribution in [0.5, 0.6) is 0 Å². The predicted octanol–water partition coefficient (Wildman–Crippen LogP) is 0.785.